The van der Waals surface area contributed by atoms with E-state index in [2.05, 4.69) is 33.6 Å². The Labute approximate surface area is 169 Å². The zero-order chi connectivity index (χ0) is 19.7. The molecule has 6 heteroatoms. The summed E-state index contributed by atoms with van der Waals surface area (Å²) in [5.74, 6) is 1.10. The first-order valence-electron chi connectivity index (χ1n) is 9.30. The van der Waals surface area contributed by atoms with Crippen LogP contribution in [0.2, 0.25) is 5.02 Å². The predicted molar refractivity (Wildman–Crippen MR) is 113 cm³/mol. The highest BCUT2D eigenvalue weighted by Crippen LogP contribution is 2.31. The van der Waals surface area contributed by atoms with E-state index >= 15 is 0 Å². The maximum absolute atomic E-state index is 12.6. The summed E-state index contributed by atoms with van der Waals surface area (Å²) in [5.41, 5.74) is 5.45. The van der Waals surface area contributed by atoms with Crippen LogP contribution in [0.5, 0.6) is 0 Å². The number of nitrogens with zero attached hydrogens (tertiary/aromatic N) is 2. The van der Waals surface area contributed by atoms with Crippen molar-refractivity contribution in [3.63, 3.8) is 0 Å². The van der Waals surface area contributed by atoms with Gasteiger partial charge in [0, 0.05) is 22.8 Å². The Morgan fingerprint density at radius 3 is 2.50 bits per heavy atom. The summed E-state index contributed by atoms with van der Waals surface area (Å²) >= 11 is 5.96. The molecule has 3 aromatic rings. The number of fused-ring (bicyclic) bond motifs is 1. The van der Waals surface area contributed by atoms with Crippen molar-refractivity contribution in [2.75, 3.05) is 10.6 Å². The van der Waals surface area contributed by atoms with Gasteiger partial charge in [0.2, 0.25) is 5.95 Å². The Hall–Kier alpha value is -2.92. The van der Waals surface area contributed by atoms with Crippen LogP contribution in [0.1, 0.15) is 40.0 Å². The highest BCUT2D eigenvalue weighted by Gasteiger charge is 2.25. The lowest BCUT2D eigenvalue weighted by Gasteiger charge is -2.20. The van der Waals surface area contributed by atoms with E-state index in [0.29, 0.717) is 28.8 Å². The first-order chi connectivity index (χ1) is 13.5. The first-order valence-corrected chi connectivity index (χ1v) is 9.68. The second-order valence-corrected chi connectivity index (χ2v) is 7.51. The third-order valence-electron chi connectivity index (χ3n) is 4.82. The van der Waals surface area contributed by atoms with E-state index in [1.54, 1.807) is 12.1 Å². The van der Waals surface area contributed by atoms with Crippen molar-refractivity contribution in [3.05, 3.63) is 69.9 Å². The average Bonchev–Trinajstić information content (AvgIpc) is 2.66. The molecule has 0 spiro atoms. The second-order valence-electron chi connectivity index (χ2n) is 7.07. The SMILES string of the molecule is Cc1ccc(Nc2nc(Nc3ccc(Cl)cc3)nc3c2C(=O)CCC3)c(C)c1. The van der Waals surface area contributed by atoms with Crippen LogP contribution in [0.4, 0.5) is 23.1 Å². The summed E-state index contributed by atoms with van der Waals surface area (Å²) in [5, 5.41) is 7.24. The van der Waals surface area contributed by atoms with Gasteiger partial charge in [-0.05, 0) is 62.6 Å². The molecule has 142 valence electrons. The van der Waals surface area contributed by atoms with Crippen LogP contribution >= 0.6 is 11.6 Å². The van der Waals surface area contributed by atoms with E-state index in [4.69, 9.17) is 11.6 Å². The highest BCUT2D eigenvalue weighted by atomic mass is 35.5. The van der Waals surface area contributed by atoms with Gasteiger partial charge < -0.3 is 10.6 Å². The molecule has 0 fully saturated rings. The lowest BCUT2D eigenvalue weighted by Crippen LogP contribution is -2.18. The minimum Gasteiger partial charge on any atom is -0.339 e. The Morgan fingerprint density at radius 2 is 1.75 bits per heavy atom. The summed E-state index contributed by atoms with van der Waals surface area (Å²) in [4.78, 5) is 21.8. The Morgan fingerprint density at radius 1 is 0.964 bits per heavy atom. The molecule has 0 radical (unpaired) electrons. The van der Waals surface area contributed by atoms with E-state index in [0.717, 1.165) is 35.5 Å². The first kappa shape index (κ1) is 18.4. The molecule has 0 amide bonds. The molecule has 5 nitrogen and oxygen atoms in total. The van der Waals surface area contributed by atoms with Gasteiger partial charge in [-0.1, -0.05) is 29.3 Å². The fraction of sp³-hybridized carbons (Fsp3) is 0.227. The fourth-order valence-corrected chi connectivity index (χ4v) is 3.54. The third kappa shape index (κ3) is 3.85. The molecule has 28 heavy (non-hydrogen) atoms. The molecule has 1 aliphatic rings. The molecule has 0 saturated carbocycles. The van der Waals surface area contributed by atoms with Crippen LogP contribution in [0, 0.1) is 13.8 Å². The quantitative estimate of drug-likeness (QED) is 0.591. The monoisotopic (exact) mass is 392 g/mol. The molecule has 1 heterocycles. The standard InChI is InChI=1S/C22H21ClN4O/c1-13-6-11-17(14(2)12-13)25-21-20-18(4-3-5-19(20)28)26-22(27-21)24-16-9-7-15(23)8-10-16/h6-12H,3-5H2,1-2H3,(H2,24,25,26,27). The van der Waals surface area contributed by atoms with Crippen LogP contribution in [0.15, 0.2) is 42.5 Å². The van der Waals surface area contributed by atoms with Gasteiger partial charge in [-0.3, -0.25) is 4.79 Å². The number of aromatic nitrogens is 2. The third-order valence-corrected chi connectivity index (χ3v) is 5.07. The van der Waals surface area contributed by atoms with Crippen molar-refractivity contribution in [1.29, 1.82) is 0 Å². The van der Waals surface area contributed by atoms with Crippen molar-refractivity contribution in [2.45, 2.75) is 33.1 Å². The Bertz CT molecular complexity index is 1050. The molecule has 0 atom stereocenters. The minimum atomic E-state index is 0.0894. The second kappa shape index (κ2) is 7.60. The summed E-state index contributed by atoms with van der Waals surface area (Å²) in [6, 6.07) is 13.5. The molecule has 0 saturated heterocycles. The van der Waals surface area contributed by atoms with Crippen molar-refractivity contribution >= 4 is 40.5 Å². The molecule has 0 unspecified atom stereocenters. The molecule has 0 bridgehead atoms. The van der Waals surface area contributed by atoms with Crippen LogP contribution in [0.3, 0.4) is 0 Å². The number of aryl methyl sites for hydroxylation is 3. The van der Waals surface area contributed by atoms with Gasteiger partial charge in [-0.15, -0.1) is 0 Å². The van der Waals surface area contributed by atoms with Crippen LogP contribution in [0.25, 0.3) is 0 Å². The topological polar surface area (TPSA) is 66.9 Å². The number of Topliss-reactive ketones (excluding diaryl/α,β-unsaturated/α-hetero) is 1. The number of carbonyl (C=O) groups is 1. The molecule has 1 aromatic heterocycles. The Balaban J connectivity index is 1.74. The molecular formula is C22H21ClN4O. The number of nitrogens with one attached hydrogen (secondary N) is 2. The number of hydrogen-bond donors (Lipinski definition) is 2. The van der Waals surface area contributed by atoms with Crippen molar-refractivity contribution < 1.29 is 4.79 Å². The van der Waals surface area contributed by atoms with E-state index < -0.39 is 0 Å². The normalized spacial score (nSPS) is 13.2. The number of halogens is 1. The lowest BCUT2D eigenvalue weighted by atomic mass is 9.95. The van der Waals surface area contributed by atoms with Crippen LogP contribution in [-0.2, 0) is 6.42 Å². The van der Waals surface area contributed by atoms with E-state index in [9.17, 15) is 4.79 Å². The van der Waals surface area contributed by atoms with Crippen LogP contribution < -0.4 is 10.6 Å². The Kier molecular flexibility index (Phi) is 5.01. The highest BCUT2D eigenvalue weighted by molar-refractivity contribution is 6.30. The van der Waals surface area contributed by atoms with E-state index in [1.807, 2.05) is 31.2 Å². The maximum atomic E-state index is 12.6. The molecule has 2 aromatic carbocycles. The molecular weight excluding hydrogens is 372 g/mol. The zero-order valence-electron chi connectivity index (χ0n) is 15.8. The summed E-state index contributed by atoms with van der Waals surface area (Å²) in [6.45, 7) is 4.10. The minimum absolute atomic E-state index is 0.0894. The number of benzene rings is 2. The van der Waals surface area contributed by atoms with Crippen molar-refractivity contribution in [1.82, 2.24) is 9.97 Å². The molecule has 2 N–H and O–H groups in total. The van der Waals surface area contributed by atoms with Crippen molar-refractivity contribution in [3.8, 4) is 0 Å². The molecule has 1 aliphatic carbocycles. The predicted octanol–water partition coefficient (Wildman–Crippen LogP) is 5.75. The number of ketones is 1. The summed E-state index contributed by atoms with van der Waals surface area (Å²) in [6.07, 6.45) is 2.11. The van der Waals surface area contributed by atoms with Gasteiger partial charge in [0.05, 0.1) is 11.3 Å². The van der Waals surface area contributed by atoms with Gasteiger partial charge in [0.25, 0.3) is 0 Å². The largest absolute Gasteiger partial charge is 0.339 e. The number of hydrogen-bond acceptors (Lipinski definition) is 5. The summed E-state index contributed by atoms with van der Waals surface area (Å²) < 4.78 is 0. The lowest BCUT2D eigenvalue weighted by molar-refractivity contribution is 0.0972. The van der Waals surface area contributed by atoms with Gasteiger partial charge in [0.1, 0.15) is 5.82 Å². The van der Waals surface area contributed by atoms with Crippen LogP contribution in [-0.4, -0.2) is 15.8 Å². The number of rotatable bonds is 4. The van der Waals surface area contributed by atoms with Gasteiger partial charge in [-0.2, -0.15) is 4.98 Å². The van der Waals surface area contributed by atoms with E-state index in [-0.39, 0.29) is 5.78 Å². The van der Waals surface area contributed by atoms with Gasteiger partial charge >= 0.3 is 0 Å². The number of carbonyl (C=O) groups excluding carboxylic acids is 1. The smallest absolute Gasteiger partial charge is 0.229 e. The number of anilines is 4. The fourth-order valence-electron chi connectivity index (χ4n) is 3.41. The summed E-state index contributed by atoms with van der Waals surface area (Å²) in [7, 11) is 0. The van der Waals surface area contributed by atoms with Gasteiger partial charge in [-0.25, -0.2) is 4.98 Å². The average molecular weight is 393 g/mol. The molecule has 4 rings (SSSR count). The molecule has 0 aliphatic heterocycles. The maximum Gasteiger partial charge on any atom is 0.229 e. The van der Waals surface area contributed by atoms with Gasteiger partial charge in [0.15, 0.2) is 5.78 Å². The van der Waals surface area contributed by atoms with E-state index in [1.165, 1.54) is 5.56 Å². The zero-order valence-corrected chi connectivity index (χ0v) is 16.6. The van der Waals surface area contributed by atoms with Crippen molar-refractivity contribution in [2.24, 2.45) is 0 Å².